The summed E-state index contributed by atoms with van der Waals surface area (Å²) in [4.78, 5) is 11.1. The number of aromatic nitrogens is 4. The van der Waals surface area contributed by atoms with Crippen molar-refractivity contribution < 1.29 is 4.74 Å². The number of methoxy groups -OCH3 is 1. The summed E-state index contributed by atoms with van der Waals surface area (Å²) in [5, 5.41) is 11.4. The Labute approximate surface area is 194 Å². The highest BCUT2D eigenvalue weighted by Crippen LogP contribution is 2.25. The van der Waals surface area contributed by atoms with E-state index in [0.717, 1.165) is 56.9 Å². The molecule has 3 aromatic rings. The van der Waals surface area contributed by atoms with Crippen LogP contribution in [-0.2, 0) is 13.1 Å². The molecule has 3 heterocycles. The zero-order valence-corrected chi connectivity index (χ0v) is 19.5. The number of anilines is 2. The summed E-state index contributed by atoms with van der Waals surface area (Å²) in [5.74, 6) is 1.61. The van der Waals surface area contributed by atoms with Gasteiger partial charge in [0.25, 0.3) is 0 Å². The van der Waals surface area contributed by atoms with Crippen LogP contribution in [0.3, 0.4) is 0 Å². The van der Waals surface area contributed by atoms with Crippen molar-refractivity contribution >= 4 is 22.8 Å². The van der Waals surface area contributed by atoms with E-state index in [1.54, 1.807) is 7.11 Å². The number of nitrogens with zero attached hydrogens (tertiary/aromatic N) is 5. The zero-order chi connectivity index (χ0) is 23.2. The van der Waals surface area contributed by atoms with Gasteiger partial charge in [0.1, 0.15) is 11.3 Å². The summed E-state index contributed by atoms with van der Waals surface area (Å²) >= 11 is 0. The first kappa shape index (κ1) is 23.2. The first-order valence-corrected chi connectivity index (χ1v) is 11.7. The van der Waals surface area contributed by atoms with Crippen molar-refractivity contribution in [2.24, 2.45) is 5.73 Å². The van der Waals surface area contributed by atoms with Gasteiger partial charge in [-0.3, -0.25) is 9.58 Å². The van der Waals surface area contributed by atoms with Crippen molar-refractivity contribution in [1.29, 1.82) is 0 Å². The lowest BCUT2D eigenvalue weighted by Gasteiger charge is -2.20. The average molecular weight is 454 g/mol. The summed E-state index contributed by atoms with van der Waals surface area (Å²) in [6.45, 7) is 7.86. The van der Waals surface area contributed by atoms with Crippen molar-refractivity contribution in [2.75, 3.05) is 44.3 Å². The number of hydrogen-bond acceptors (Lipinski definition) is 9. The molecule has 4 rings (SSSR count). The van der Waals surface area contributed by atoms with Gasteiger partial charge in [0.05, 0.1) is 26.0 Å². The summed E-state index contributed by atoms with van der Waals surface area (Å²) in [6.07, 6.45) is 4.63. The minimum Gasteiger partial charge on any atom is -0.496 e. The largest absolute Gasteiger partial charge is 0.496 e. The monoisotopic (exact) mass is 453 g/mol. The molecule has 2 aromatic heterocycles. The quantitative estimate of drug-likeness (QED) is 0.358. The highest BCUT2D eigenvalue weighted by Gasteiger charge is 2.15. The zero-order valence-electron chi connectivity index (χ0n) is 19.5. The third-order valence-electron chi connectivity index (χ3n) is 5.87. The average Bonchev–Trinajstić information content (AvgIpc) is 3.01. The Hall–Kier alpha value is -2.95. The fourth-order valence-electron chi connectivity index (χ4n) is 4.23. The van der Waals surface area contributed by atoms with Crippen LogP contribution in [0.25, 0.3) is 11.0 Å². The van der Waals surface area contributed by atoms with Gasteiger partial charge in [0.2, 0.25) is 5.95 Å². The second-order valence-electron chi connectivity index (χ2n) is 8.56. The molecule has 6 N–H and O–H groups in total. The molecule has 178 valence electrons. The van der Waals surface area contributed by atoms with Gasteiger partial charge in [-0.1, -0.05) is 25.5 Å². The fourth-order valence-corrected chi connectivity index (χ4v) is 4.23. The third kappa shape index (κ3) is 5.89. The van der Waals surface area contributed by atoms with Gasteiger partial charge in [0.15, 0.2) is 11.3 Å². The molecule has 1 aliphatic rings. The molecule has 0 spiro atoms. The SMILES string of the molecule is CCCC(N)Nc1nc(N)nc2cn(Cc3ccc(CN4CCCNCC4)cc3OC)nc12. The van der Waals surface area contributed by atoms with E-state index in [1.165, 1.54) is 12.0 Å². The van der Waals surface area contributed by atoms with Crippen molar-refractivity contribution in [3.8, 4) is 5.75 Å². The molecule has 10 nitrogen and oxygen atoms in total. The Kier molecular flexibility index (Phi) is 7.58. The van der Waals surface area contributed by atoms with Crippen LogP contribution >= 0.6 is 0 Å². The second kappa shape index (κ2) is 10.8. The van der Waals surface area contributed by atoms with Crippen molar-refractivity contribution in [3.63, 3.8) is 0 Å². The minimum absolute atomic E-state index is 0.193. The van der Waals surface area contributed by atoms with Crippen LogP contribution in [0.4, 0.5) is 11.8 Å². The van der Waals surface area contributed by atoms with Crippen LogP contribution in [0.5, 0.6) is 5.75 Å². The lowest BCUT2D eigenvalue weighted by Crippen LogP contribution is -2.29. The van der Waals surface area contributed by atoms with Gasteiger partial charge in [-0.05, 0) is 37.6 Å². The highest BCUT2D eigenvalue weighted by molar-refractivity contribution is 5.85. The van der Waals surface area contributed by atoms with Crippen molar-refractivity contribution in [2.45, 2.75) is 45.4 Å². The summed E-state index contributed by atoms with van der Waals surface area (Å²) in [6, 6.07) is 6.42. The van der Waals surface area contributed by atoms with Crippen LogP contribution in [0.15, 0.2) is 24.4 Å². The van der Waals surface area contributed by atoms with Gasteiger partial charge in [-0.25, -0.2) is 4.98 Å². The molecule has 1 aromatic carbocycles. The lowest BCUT2D eigenvalue weighted by atomic mass is 10.1. The molecule has 1 saturated heterocycles. The van der Waals surface area contributed by atoms with Gasteiger partial charge < -0.3 is 26.8 Å². The number of ether oxygens (including phenoxy) is 1. The maximum atomic E-state index is 6.15. The third-order valence-corrected chi connectivity index (χ3v) is 5.87. The number of hydrogen-bond donors (Lipinski definition) is 4. The summed E-state index contributed by atoms with van der Waals surface area (Å²) in [5.41, 5.74) is 15.7. The standard InChI is InChI=1S/C23H35N9O/c1-3-5-20(24)28-22-21-18(27-23(25)29-22)15-32(30-21)14-17-7-6-16(12-19(17)33-2)13-31-10-4-8-26-9-11-31/h6-7,12,15,20,26H,3-5,8-11,13-14,24H2,1-2H3,(H3,25,27,28,29). The number of benzene rings is 1. The molecule has 1 unspecified atom stereocenters. The minimum atomic E-state index is -0.217. The van der Waals surface area contributed by atoms with E-state index in [0.29, 0.717) is 23.4 Å². The lowest BCUT2D eigenvalue weighted by molar-refractivity contribution is 0.284. The summed E-state index contributed by atoms with van der Waals surface area (Å²) < 4.78 is 7.56. The Morgan fingerprint density at radius 1 is 1.21 bits per heavy atom. The van der Waals surface area contributed by atoms with Crippen LogP contribution in [-0.4, -0.2) is 64.1 Å². The van der Waals surface area contributed by atoms with E-state index in [-0.39, 0.29) is 12.1 Å². The predicted octanol–water partition coefficient (Wildman–Crippen LogP) is 1.76. The van der Waals surface area contributed by atoms with Crippen molar-refractivity contribution in [1.82, 2.24) is 30.0 Å². The van der Waals surface area contributed by atoms with Gasteiger partial charge in [0, 0.05) is 25.2 Å². The molecule has 33 heavy (non-hydrogen) atoms. The Bertz CT molecular complexity index is 1060. The Balaban J connectivity index is 1.53. The first-order valence-electron chi connectivity index (χ1n) is 11.7. The molecule has 1 aliphatic heterocycles. The fraction of sp³-hybridized carbons (Fsp3) is 0.522. The van der Waals surface area contributed by atoms with E-state index in [4.69, 9.17) is 21.3 Å². The first-order chi connectivity index (χ1) is 16.1. The van der Waals surface area contributed by atoms with Gasteiger partial charge >= 0.3 is 0 Å². The topological polar surface area (TPSA) is 132 Å². The molecule has 10 heteroatoms. The number of fused-ring (bicyclic) bond motifs is 1. The van der Waals surface area contributed by atoms with E-state index < -0.39 is 0 Å². The number of nitrogens with one attached hydrogen (secondary N) is 2. The molecule has 1 atom stereocenters. The smallest absolute Gasteiger partial charge is 0.222 e. The molecule has 0 aliphatic carbocycles. The van der Waals surface area contributed by atoms with Crippen LogP contribution < -0.4 is 26.8 Å². The summed E-state index contributed by atoms with van der Waals surface area (Å²) in [7, 11) is 1.71. The molecular formula is C23H35N9O. The van der Waals surface area contributed by atoms with Gasteiger partial charge in [-0.2, -0.15) is 10.1 Å². The van der Waals surface area contributed by atoms with Gasteiger partial charge in [-0.15, -0.1) is 0 Å². The van der Waals surface area contributed by atoms with E-state index in [2.05, 4.69) is 50.6 Å². The van der Waals surface area contributed by atoms with E-state index in [1.807, 2.05) is 10.9 Å². The van der Waals surface area contributed by atoms with Crippen molar-refractivity contribution in [3.05, 3.63) is 35.5 Å². The van der Waals surface area contributed by atoms with Crippen LogP contribution in [0.2, 0.25) is 0 Å². The predicted molar refractivity (Wildman–Crippen MR) is 131 cm³/mol. The number of nitrogens with two attached hydrogens (primary N) is 2. The maximum absolute atomic E-state index is 6.15. The maximum Gasteiger partial charge on any atom is 0.222 e. The number of rotatable bonds is 9. The Morgan fingerprint density at radius 3 is 2.91 bits per heavy atom. The van der Waals surface area contributed by atoms with E-state index in [9.17, 15) is 0 Å². The second-order valence-corrected chi connectivity index (χ2v) is 8.56. The van der Waals surface area contributed by atoms with Crippen LogP contribution in [0, 0.1) is 0 Å². The number of nitrogen functional groups attached to an aromatic ring is 1. The Morgan fingerprint density at radius 2 is 2.09 bits per heavy atom. The molecule has 1 fully saturated rings. The van der Waals surface area contributed by atoms with E-state index >= 15 is 0 Å². The molecule has 0 saturated carbocycles. The molecule has 0 amide bonds. The highest BCUT2D eigenvalue weighted by atomic mass is 16.5. The molecule has 0 radical (unpaired) electrons. The molecular weight excluding hydrogens is 418 g/mol. The van der Waals surface area contributed by atoms with Crippen LogP contribution in [0.1, 0.15) is 37.3 Å². The normalized spacial score (nSPS) is 16.0. The molecule has 0 bridgehead atoms.